The van der Waals surface area contributed by atoms with Crippen molar-refractivity contribution in [2.75, 3.05) is 13.2 Å². The fraction of sp³-hybridized carbons (Fsp3) is 0.304. The van der Waals surface area contributed by atoms with E-state index in [0.717, 1.165) is 35.4 Å². The van der Waals surface area contributed by atoms with E-state index < -0.39 is 0 Å². The van der Waals surface area contributed by atoms with Crippen LogP contribution in [-0.2, 0) is 14.3 Å². The third kappa shape index (κ3) is 6.39. The molecule has 0 aliphatic heterocycles. The highest BCUT2D eigenvalue weighted by atomic mass is 32.1. The van der Waals surface area contributed by atoms with Gasteiger partial charge in [-0.2, -0.15) is 0 Å². The predicted molar refractivity (Wildman–Crippen MR) is 125 cm³/mol. The predicted octanol–water partition coefficient (Wildman–Crippen LogP) is 7.04. The van der Waals surface area contributed by atoms with Crippen molar-refractivity contribution in [3.05, 3.63) is 58.8 Å². The van der Waals surface area contributed by atoms with Crippen LogP contribution in [0.3, 0.4) is 0 Å². The molecule has 0 atom stereocenters. The highest BCUT2D eigenvalue weighted by molar-refractivity contribution is 7.26. The SMILES string of the molecule is C=C(C)C(=O)OCCCCCCOC(=O)c1ccc(-c2ccc(-c3cccs3)s2)s1. The van der Waals surface area contributed by atoms with E-state index >= 15 is 0 Å². The number of hydrogen-bond donors (Lipinski definition) is 0. The molecule has 158 valence electrons. The Labute approximate surface area is 188 Å². The van der Waals surface area contributed by atoms with E-state index in [2.05, 4.69) is 36.2 Å². The van der Waals surface area contributed by atoms with Crippen LogP contribution in [0.15, 0.2) is 53.9 Å². The van der Waals surface area contributed by atoms with Crippen molar-refractivity contribution in [1.82, 2.24) is 0 Å². The number of esters is 2. The van der Waals surface area contributed by atoms with E-state index in [1.807, 2.05) is 12.1 Å². The Balaban J connectivity index is 1.36. The Morgan fingerprint density at radius 2 is 1.47 bits per heavy atom. The molecule has 0 aliphatic rings. The van der Waals surface area contributed by atoms with Crippen molar-refractivity contribution in [3.63, 3.8) is 0 Å². The third-order valence-corrected chi connectivity index (χ3v) is 7.69. The van der Waals surface area contributed by atoms with E-state index in [0.29, 0.717) is 23.7 Å². The highest BCUT2D eigenvalue weighted by Crippen LogP contribution is 2.39. The number of unbranched alkanes of at least 4 members (excludes halogenated alkanes) is 3. The first-order valence-corrected chi connectivity index (χ1v) is 12.3. The van der Waals surface area contributed by atoms with Crippen LogP contribution in [0.2, 0.25) is 0 Å². The van der Waals surface area contributed by atoms with Crippen molar-refractivity contribution >= 4 is 45.9 Å². The zero-order chi connectivity index (χ0) is 21.3. The van der Waals surface area contributed by atoms with Gasteiger partial charge in [-0.05, 0) is 68.3 Å². The maximum absolute atomic E-state index is 12.3. The first kappa shape index (κ1) is 22.5. The lowest BCUT2D eigenvalue weighted by atomic mass is 10.2. The second kappa shape index (κ2) is 11.2. The van der Waals surface area contributed by atoms with Gasteiger partial charge in [-0.15, -0.1) is 34.0 Å². The molecule has 3 aromatic rings. The van der Waals surface area contributed by atoms with Gasteiger partial charge in [0.25, 0.3) is 0 Å². The summed E-state index contributed by atoms with van der Waals surface area (Å²) in [7, 11) is 0. The first-order valence-electron chi connectivity index (χ1n) is 9.78. The second-order valence-corrected chi connectivity index (χ2v) is 9.89. The van der Waals surface area contributed by atoms with Gasteiger partial charge in [0.05, 0.1) is 13.2 Å². The van der Waals surface area contributed by atoms with Gasteiger partial charge in [0.15, 0.2) is 0 Å². The smallest absolute Gasteiger partial charge is 0.348 e. The Kier molecular flexibility index (Phi) is 8.42. The largest absolute Gasteiger partial charge is 0.462 e. The molecule has 0 bridgehead atoms. The minimum absolute atomic E-state index is 0.267. The molecule has 0 unspecified atom stereocenters. The average molecular weight is 461 g/mol. The maximum Gasteiger partial charge on any atom is 0.348 e. The molecule has 3 aromatic heterocycles. The number of hydrogen-bond acceptors (Lipinski definition) is 7. The van der Waals surface area contributed by atoms with E-state index in [-0.39, 0.29) is 11.9 Å². The number of carbonyl (C=O) groups excluding carboxylic acids is 2. The van der Waals surface area contributed by atoms with Crippen molar-refractivity contribution in [2.45, 2.75) is 32.6 Å². The number of carbonyl (C=O) groups is 2. The lowest BCUT2D eigenvalue weighted by molar-refractivity contribution is -0.139. The monoisotopic (exact) mass is 460 g/mol. The molecule has 0 saturated carbocycles. The van der Waals surface area contributed by atoms with Gasteiger partial charge in [-0.1, -0.05) is 12.6 Å². The summed E-state index contributed by atoms with van der Waals surface area (Å²) in [5, 5.41) is 2.08. The number of rotatable bonds is 11. The molecular formula is C23H24O4S3. The van der Waals surface area contributed by atoms with E-state index in [9.17, 15) is 9.59 Å². The summed E-state index contributed by atoms with van der Waals surface area (Å²) in [6.07, 6.45) is 3.45. The summed E-state index contributed by atoms with van der Waals surface area (Å²) >= 11 is 4.93. The molecule has 0 amide bonds. The van der Waals surface area contributed by atoms with Gasteiger partial charge >= 0.3 is 11.9 Å². The van der Waals surface area contributed by atoms with E-state index in [1.54, 1.807) is 29.6 Å². The Morgan fingerprint density at radius 3 is 2.13 bits per heavy atom. The minimum atomic E-state index is -0.343. The maximum atomic E-state index is 12.3. The van der Waals surface area contributed by atoms with E-state index in [1.165, 1.54) is 21.1 Å². The van der Waals surface area contributed by atoms with Crippen LogP contribution < -0.4 is 0 Å². The van der Waals surface area contributed by atoms with Crippen molar-refractivity contribution in [1.29, 1.82) is 0 Å². The minimum Gasteiger partial charge on any atom is -0.462 e. The van der Waals surface area contributed by atoms with Gasteiger partial charge in [-0.25, -0.2) is 9.59 Å². The molecule has 3 rings (SSSR count). The summed E-state index contributed by atoms with van der Waals surface area (Å²) in [6.45, 7) is 5.98. The first-order chi connectivity index (χ1) is 14.5. The molecule has 0 aromatic carbocycles. The number of thiophene rings is 3. The lowest BCUT2D eigenvalue weighted by Crippen LogP contribution is -2.06. The molecule has 0 saturated heterocycles. The van der Waals surface area contributed by atoms with Crippen LogP contribution in [0.4, 0.5) is 0 Å². The van der Waals surface area contributed by atoms with Crippen molar-refractivity contribution < 1.29 is 19.1 Å². The Morgan fingerprint density at radius 1 is 0.833 bits per heavy atom. The summed E-state index contributed by atoms with van der Waals surface area (Å²) in [5.41, 5.74) is 0.417. The van der Waals surface area contributed by atoms with Gasteiger partial charge in [0, 0.05) is 25.1 Å². The third-order valence-electron chi connectivity index (χ3n) is 4.27. The van der Waals surface area contributed by atoms with E-state index in [4.69, 9.17) is 9.47 Å². The van der Waals surface area contributed by atoms with Gasteiger partial charge in [-0.3, -0.25) is 0 Å². The quantitative estimate of drug-likeness (QED) is 0.175. The van der Waals surface area contributed by atoms with Gasteiger partial charge in [0.2, 0.25) is 0 Å². The topological polar surface area (TPSA) is 52.6 Å². The molecule has 7 heteroatoms. The summed E-state index contributed by atoms with van der Waals surface area (Å²) < 4.78 is 10.4. The molecular weight excluding hydrogens is 436 g/mol. The van der Waals surface area contributed by atoms with Crippen LogP contribution in [0.5, 0.6) is 0 Å². The summed E-state index contributed by atoms with van der Waals surface area (Å²) in [6, 6.07) is 12.2. The average Bonchev–Trinajstić information content (AvgIpc) is 3.48. The van der Waals surface area contributed by atoms with Crippen LogP contribution in [-0.4, -0.2) is 25.2 Å². The molecule has 30 heavy (non-hydrogen) atoms. The van der Waals surface area contributed by atoms with Crippen LogP contribution >= 0.6 is 34.0 Å². The number of ether oxygens (including phenoxy) is 2. The zero-order valence-electron chi connectivity index (χ0n) is 16.8. The fourth-order valence-electron chi connectivity index (χ4n) is 2.68. The molecule has 0 spiro atoms. The van der Waals surface area contributed by atoms with Crippen LogP contribution in [0.1, 0.15) is 42.3 Å². The molecule has 3 heterocycles. The Bertz CT molecular complexity index is 982. The van der Waals surface area contributed by atoms with Gasteiger partial charge in [0.1, 0.15) is 4.88 Å². The second-order valence-electron chi connectivity index (χ2n) is 6.77. The molecule has 4 nitrogen and oxygen atoms in total. The standard InChI is InChI=1S/C23H24O4S3/c1-16(2)22(24)26-13-5-3-4-6-14-27-23(25)21-12-11-20(30-21)19-10-9-18(29-19)17-8-7-15-28-17/h7-12,15H,1,3-6,13-14H2,2H3. The van der Waals surface area contributed by atoms with Crippen molar-refractivity contribution in [2.24, 2.45) is 0 Å². The normalized spacial score (nSPS) is 10.7. The fourth-order valence-corrected chi connectivity index (χ4v) is 5.51. The zero-order valence-corrected chi connectivity index (χ0v) is 19.3. The van der Waals surface area contributed by atoms with Crippen molar-refractivity contribution in [3.8, 4) is 19.5 Å². The lowest BCUT2D eigenvalue weighted by Gasteiger charge is -2.05. The summed E-state index contributed by atoms with van der Waals surface area (Å²) in [4.78, 5) is 28.9. The highest BCUT2D eigenvalue weighted by Gasteiger charge is 2.13. The summed E-state index contributed by atoms with van der Waals surface area (Å²) in [5.74, 6) is -0.610. The molecule has 0 N–H and O–H groups in total. The van der Waals surface area contributed by atoms with Crippen LogP contribution in [0, 0.1) is 0 Å². The van der Waals surface area contributed by atoms with Crippen LogP contribution in [0.25, 0.3) is 19.5 Å². The Hall–Kier alpha value is -2.22. The molecule has 0 radical (unpaired) electrons. The molecule has 0 aliphatic carbocycles. The molecule has 0 fully saturated rings. The van der Waals surface area contributed by atoms with Gasteiger partial charge < -0.3 is 9.47 Å².